The summed E-state index contributed by atoms with van der Waals surface area (Å²) >= 11 is 0. The second-order valence-electron chi connectivity index (χ2n) is 7.84. The van der Waals surface area contributed by atoms with E-state index in [2.05, 4.69) is 4.98 Å². The van der Waals surface area contributed by atoms with Crippen LogP contribution in [-0.4, -0.2) is 38.1 Å². The van der Waals surface area contributed by atoms with E-state index in [1.54, 1.807) is 47.0 Å². The van der Waals surface area contributed by atoms with Crippen molar-refractivity contribution in [3.05, 3.63) is 89.5 Å². The summed E-state index contributed by atoms with van der Waals surface area (Å²) in [7, 11) is -1.18. The number of rotatable bonds is 7. The Morgan fingerprint density at radius 3 is 2.56 bits per heavy atom. The van der Waals surface area contributed by atoms with Crippen molar-refractivity contribution < 1.29 is 22.3 Å². The molecule has 0 saturated heterocycles. The average Bonchev–Trinajstić information content (AvgIpc) is 3.09. The molecule has 0 aliphatic heterocycles. The minimum absolute atomic E-state index is 0.0423. The Kier molecular flexibility index (Phi) is 6.39. The van der Waals surface area contributed by atoms with E-state index in [-0.39, 0.29) is 18.0 Å². The summed E-state index contributed by atoms with van der Waals surface area (Å²) in [6.45, 7) is 1.77. The van der Waals surface area contributed by atoms with Crippen LogP contribution < -0.4 is 4.31 Å². The van der Waals surface area contributed by atoms with Crippen molar-refractivity contribution in [2.45, 2.75) is 24.9 Å². The van der Waals surface area contributed by atoms with E-state index in [1.165, 1.54) is 36.8 Å². The van der Waals surface area contributed by atoms with Crippen molar-refractivity contribution in [2.24, 2.45) is 0 Å². The van der Waals surface area contributed by atoms with E-state index >= 15 is 0 Å². The zero-order valence-electron chi connectivity index (χ0n) is 19.0. The fourth-order valence-electron chi connectivity index (χ4n) is 4.03. The number of ether oxygens (including phenoxy) is 1. The lowest BCUT2D eigenvalue weighted by Crippen LogP contribution is -2.28. The Balaban J connectivity index is 1.82. The first-order valence-electron chi connectivity index (χ1n) is 10.6. The van der Waals surface area contributed by atoms with E-state index in [1.807, 2.05) is 13.0 Å². The van der Waals surface area contributed by atoms with Crippen LogP contribution in [0.1, 0.15) is 16.8 Å². The fraction of sp³-hybridized carbons (Fsp3) is 0.200. The molecular weight excluding hydrogens is 457 g/mol. The van der Waals surface area contributed by atoms with Crippen LogP contribution in [0.4, 0.5) is 10.1 Å². The number of halogens is 1. The number of methoxy groups -OCH3 is 1. The smallest absolute Gasteiger partial charge is 0.325 e. The van der Waals surface area contributed by atoms with Gasteiger partial charge in [0, 0.05) is 36.3 Å². The third kappa shape index (κ3) is 4.26. The molecule has 0 bridgehead atoms. The number of sulfonamides is 1. The van der Waals surface area contributed by atoms with Gasteiger partial charge in [-0.05, 0) is 54.4 Å². The van der Waals surface area contributed by atoms with Crippen LogP contribution in [0.15, 0.2) is 71.9 Å². The maximum absolute atomic E-state index is 14.2. The van der Waals surface area contributed by atoms with Gasteiger partial charge in [-0.1, -0.05) is 24.3 Å². The van der Waals surface area contributed by atoms with E-state index in [0.717, 1.165) is 5.69 Å². The summed E-state index contributed by atoms with van der Waals surface area (Å²) in [5.41, 5.74) is 3.07. The van der Waals surface area contributed by atoms with Gasteiger partial charge in [0.05, 0.1) is 12.8 Å². The van der Waals surface area contributed by atoms with Crippen LogP contribution in [0.25, 0.3) is 10.9 Å². The van der Waals surface area contributed by atoms with Crippen LogP contribution in [0.3, 0.4) is 0 Å². The summed E-state index contributed by atoms with van der Waals surface area (Å²) in [5, 5.41) is 0.524. The quantitative estimate of drug-likeness (QED) is 0.372. The number of hydrogen-bond acceptors (Lipinski definition) is 5. The largest absolute Gasteiger partial charge is 0.468 e. The van der Waals surface area contributed by atoms with Crippen molar-refractivity contribution in [2.75, 3.05) is 18.5 Å². The van der Waals surface area contributed by atoms with Crippen LogP contribution in [0.2, 0.25) is 0 Å². The highest BCUT2D eigenvalue weighted by molar-refractivity contribution is 7.92. The number of carbonyl (C=O) groups excluding carboxylic acids is 1. The highest BCUT2D eigenvalue weighted by atomic mass is 32.2. The summed E-state index contributed by atoms with van der Waals surface area (Å²) < 4.78 is 48.9. The lowest BCUT2D eigenvalue weighted by molar-refractivity contribution is -0.141. The zero-order valence-corrected chi connectivity index (χ0v) is 19.8. The molecule has 4 rings (SSSR count). The molecule has 0 aliphatic carbocycles. The second-order valence-corrected chi connectivity index (χ2v) is 9.72. The van der Waals surface area contributed by atoms with Crippen LogP contribution in [0, 0.1) is 12.7 Å². The van der Waals surface area contributed by atoms with Gasteiger partial charge in [0.1, 0.15) is 12.4 Å². The summed E-state index contributed by atoms with van der Waals surface area (Å²) in [5.74, 6) is -0.864. The van der Waals surface area contributed by atoms with Crippen molar-refractivity contribution in [1.29, 1.82) is 0 Å². The van der Waals surface area contributed by atoms with Crippen molar-refractivity contribution in [3.63, 3.8) is 0 Å². The first-order chi connectivity index (χ1) is 16.2. The molecule has 0 atom stereocenters. The highest BCUT2D eigenvalue weighted by Crippen LogP contribution is 2.31. The number of esters is 1. The number of hydrogen-bond donors (Lipinski definition) is 0. The molecule has 176 valence electrons. The molecule has 34 heavy (non-hydrogen) atoms. The van der Waals surface area contributed by atoms with Gasteiger partial charge < -0.3 is 9.30 Å². The Labute approximate surface area is 197 Å². The van der Waals surface area contributed by atoms with Gasteiger partial charge in [0.2, 0.25) is 0 Å². The van der Waals surface area contributed by atoms with E-state index in [4.69, 9.17) is 4.74 Å². The molecule has 0 fully saturated rings. The van der Waals surface area contributed by atoms with Crippen molar-refractivity contribution in [3.8, 4) is 0 Å². The van der Waals surface area contributed by atoms with Crippen molar-refractivity contribution in [1.82, 2.24) is 9.55 Å². The first-order valence-corrected chi connectivity index (χ1v) is 12.0. The molecule has 9 heteroatoms. The predicted octanol–water partition coefficient (Wildman–Crippen LogP) is 4.07. The summed E-state index contributed by atoms with van der Waals surface area (Å²) in [4.78, 5) is 16.2. The summed E-state index contributed by atoms with van der Waals surface area (Å²) in [6, 6.07) is 16.4. The molecule has 0 amide bonds. The normalized spacial score (nSPS) is 11.5. The molecule has 0 saturated carbocycles. The Bertz CT molecular complexity index is 1470. The van der Waals surface area contributed by atoms with Gasteiger partial charge in [0.25, 0.3) is 10.0 Å². The predicted molar refractivity (Wildman–Crippen MR) is 128 cm³/mol. The minimum Gasteiger partial charge on any atom is -0.468 e. The summed E-state index contributed by atoms with van der Waals surface area (Å²) in [6.07, 6.45) is 1.62. The molecule has 0 spiro atoms. The Morgan fingerprint density at radius 1 is 1.12 bits per heavy atom. The average molecular weight is 482 g/mol. The molecule has 0 unspecified atom stereocenters. The third-order valence-corrected chi connectivity index (χ3v) is 7.66. The van der Waals surface area contributed by atoms with E-state index in [0.29, 0.717) is 27.7 Å². The Hall–Kier alpha value is -3.72. The molecule has 2 aromatic heterocycles. The number of anilines is 1. The number of pyridine rings is 1. The number of benzene rings is 2. The number of fused-ring (bicyclic) bond motifs is 1. The topological polar surface area (TPSA) is 81.5 Å². The highest BCUT2D eigenvalue weighted by Gasteiger charge is 2.27. The van der Waals surface area contributed by atoms with Gasteiger partial charge in [-0.3, -0.25) is 9.10 Å². The molecule has 0 aliphatic rings. The van der Waals surface area contributed by atoms with Gasteiger partial charge in [-0.2, -0.15) is 8.42 Å². The maximum Gasteiger partial charge on any atom is 0.325 e. The molecule has 4 aromatic rings. The zero-order chi connectivity index (χ0) is 24.5. The van der Waals surface area contributed by atoms with Gasteiger partial charge in [-0.15, -0.1) is 0 Å². The molecular formula is C25H24FN3O4S. The van der Waals surface area contributed by atoms with Crippen LogP contribution in [0.5, 0.6) is 0 Å². The lowest BCUT2D eigenvalue weighted by Gasteiger charge is -2.20. The number of nitrogens with zero attached hydrogens (tertiary/aromatic N) is 3. The van der Waals surface area contributed by atoms with Crippen LogP contribution in [-0.2, 0) is 32.5 Å². The molecule has 7 nitrogen and oxygen atoms in total. The molecule has 0 N–H and O–H groups in total. The lowest BCUT2D eigenvalue weighted by atomic mass is 10.0. The maximum atomic E-state index is 14.2. The Morgan fingerprint density at radius 2 is 1.85 bits per heavy atom. The monoisotopic (exact) mass is 481 g/mol. The standard InChI is InChI=1S/C25H24FN3O4S/c1-17-21(22-15-19(26)11-12-23(22)29(17)16-24(30)33-3)14-18-8-7-13-27-25(18)34(31,32)28(2)20-9-5-4-6-10-20/h4-13,15H,14,16H2,1-3H3. The second kappa shape index (κ2) is 9.26. The minimum atomic E-state index is -3.97. The van der Waals surface area contributed by atoms with E-state index in [9.17, 15) is 17.6 Å². The molecule has 2 aromatic carbocycles. The molecule has 0 radical (unpaired) electrons. The number of para-hydroxylation sites is 1. The molecule has 2 heterocycles. The van der Waals surface area contributed by atoms with Gasteiger partial charge >= 0.3 is 5.97 Å². The van der Waals surface area contributed by atoms with Crippen LogP contribution >= 0.6 is 0 Å². The fourth-order valence-corrected chi connectivity index (χ4v) is 5.36. The van der Waals surface area contributed by atoms with Gasteiger partial charge in [0.15, 0.2) is 5.03 Å². The third-order valence-electron chi connectivity index (χ3n) is 5.87. The SMILES string of the molecule is COC(=O)Cn1c(C)c(Cc2cccnc2S(=O)(=O)N(C)c2ccccc2)c2cc(F)ccc21. The van der Waals surface area contributed by atoms with E-state index < -0.39 is 21.8 Å². The number of carbonyl (C=O) groups is 1. The van der Waals surface area contributed by atoms with Crippen molar-refractivity contribution >= 4 is 32.6 Å². The number of aromatic nitrogens is 2. The van der Waals surface area contributed by atoms with Gasteiger partial charge in [-0.25, -0.2) is 9.37 Å². The first kappa shape index (κ1) is 23.4.